The SMILES string of the molecule is Cc1ccc2nc(NC(=O)CCCOc3ccc(C(C)(C)C)cc3)sc2c1. The molecule has 0 fully saturated rings. The Morgan fingerprint density at radius 3 is 2.59 bits per heavy atom. The predicted molar refractivity (Wildman–Crippen MR) is 113 cm³/mol. The molecule has 1 amide bonds. The zero-order valence-electron chi connectivity index (χ0n) is 16.3. The summed E-state index contributed by atoms with van der Waals surface area (Å²) >= 11 is 1.50. The summed E-state index contributed by atoms with van der Waals surface area (Å²) < 4.78 is 6.83. The summed E-state index contributed by atoms with van der Waals surface area (Å²) in [6.07, 6.45) is 1.08. The van der Waals surface area contributed by atoms with Crippen molar-refractivity contribution >= 4 is 32.6 Å². The molecule has 0 saturated carbocycles. The maximum absolute atomic E-state index is 12.1. The predicted octanol–water partition coefficient (Wildman–Crippen LogP) is 5.70. The van der Waals surface area contributed by atoms with E-state index in [2.05, 4.69) is 49.3 Å². The molecule has 0 aliphatic rings. The summed E-state index contributed by atoms with van der Waals surface area (Å²) in [5, 5.41) is 3.54. The number of fused-ring (bicyclic) bond motifs is 1. The summed E-state index contributed by atoms with van der Waals surface area (Å²) in [5.74, 6) is 0.808. The fourth-order valence-electron chi connectivity index (χ4n) is 2.74. The Kier molecular flexibility index (Phi) is 5.80. The van der Waals surface area contributed by atoms with E-state index in [-0.39, 0.29) is 11.3 Å². The molecule has 142 valence electrons. The van der Waals surface area contributed by atoms with Crippen molar-refractivity contribution in [3.63, 3.8) is 0 Å². The van der Waals surface area contributed by atoms with E-state index in [0.29, 0.717) is 24.6 Å². The number of aromatic nitrogens is 1. The van der Waals surface area contributed by atoms with E-state index >= 15 is 0 Å². The van der Waals surface area contributed by atoms with Gasteiger partial charge in [-0.3, -0.25) is 4.79 Å². The Balaban J connectivity index is 1.44. The zero-order valence-corrected chi connectivity index (χ0v) is 17.2. The molecule has 1 aromatic heterocycles. The van der Waals surface area contributed by atoms with Crippen LogP contribution in [0.1, 0.15) is 44.7 Å². The standard InChI is InChI=1S/C22H26N2O2S/c1-15-7-12-18-19(14-15)27-21(23-18)24-20(25)6-5-13-26-17-10-8-16(9-11-17)22(2,3)4/h7-12,14H,5-6,13H2,1-4H3,(H,23,24,25). The smallest absolute Gasteiger partial charge is 0.226 e. The molecular formula is C22H26N2O2S. The van der Waals surface area contributed by atoms with Gasteiger partial charge in [-0.05, 0) is 54.2 Å². The summed E-state index contributed by atoms with van der Waals surface area (Å²) in [4.78, 5) is 16.6. The molecule has 0 unspecified atom stereocenters. The van der Waals surface area contributed by atoms with Crippen LogP contribution in [0.15, 0.2) is 42.5 Å². The first-order valence-corrected chi connectivity index (χ1v) is 10.0. The van der Waals surface area contributed by atoms with Crippen LogP contribution in [0, 0.1) is 6.92 Å². The van der Waals surface area contributed by atoms with E-state index in [1.807, 2.05) is 31.2 Å². The zero-order chi connectivity index (χ0) is 19.4. The minimum Gasteiger partial charge on any atom is -0.494 e. The van der Waals surface area contributed by atoms with E-state index in [0.717, 1.165) is 16.0 Å². The fourth-order valence-corrected chi connectivity index (χ4v) is 3.72. The quantitative estimate of drug-likeness (QED) is 0.556. The third-order valence-electron chi connectivity index (χ3n) is 4.33. The van der Waals surface area contributed by atoms with Crippen molar-refractivity contribution in [2.24, 2.45) is 0 Å². The number of carbonyl (C=O) groups excluding carboxylic acids is 1. The first kappa shape index (κ1) is 19.4. The van der Waals surface area contributed by atoms with Gasteiger partial charge in [0.15, 0.2) is 5.13 Å². The van der Waals surface area contributed by atoms with Crippen LogP contribution >= 0.6 is 11.3 Å². The van der Waals surface area contributed by atoms with Crippen LogP contribution in [-0.4, -0.2) is 17.5 Å². The third-order valence-corrected chi connectivity index (χ3v) is 5.26. The molecule has 0 aliphatic heterocycles. The number of nitrogens with zero attached hydrogens (tertiary/aromatic N) is 1. The molecule has 4 nitrogen and oxygen atoms in total. The minimum absolute atomic E-state index is 0.0301. The fraction of sp³-hybridized carbons (Fsp3) is 0.364. The Morgan fingerprint density at radius 2 is 1.89 bits per heavy atom. The molecule has 0 bridgehead atoms. The van der Waals surface area contributed by atoms with Crippen molar-refractivity contribution < 1.29 is 9.53 Å². The van der Waals surface area contributed by atoms with Gasteiger partial charge in [0.05, 0.1) is 16.8 Å². The van der Waals surface area contributed by atoms with Crippen LogP contribution in [0.3, 0.4) is 0 Å². The Bertz CT molecular complexity index is 924. The normalized spacial score (nSPS) is 11.6. The first-order chi connectivity index (χ1) is 12.8. The second-order valence-corrected chi connectivity index (χ2v) is 8.80. The molecule has 0 saturated heterocycles. The van der Waals surface area contributed by atoms with Crippen molar-refractivity contribution in [2.75, 3.05) is 11.9 Å². The van der Waals surface area contributed by atoms with E-state index in [1.165, 1.54) is 22.5 Å². The Hall–Kier alpha value is -2.40. The highest BCUT2D eigenvalue weighted by molar-refractivity contribution is 7.22. The average Bonchev–Trinajstić information content (AvgIpc) is 2.99. The van der Waals surface area contributed by atoms with Crippen molar-refractivity contribution in [1.82, 2.24) is 4.98 Å². The maximum atomic E-state index is 12.1. The number of thiazole rings is 1. The monoisotopic (exact) mass is 382 g/mol. The van der Waals surface area contributed by atoms with Gasteiger partial charge in [-0.25, -0.2) is 4.98 Å². The molecule has 5 heteroatoms. The van der Waals surface area contributed by atoms with Crippen LogP contribution in [0.25, 0.3) is 10.2 Å². The van der Waals surface area contributed by atoms with E-state index in [1.54, 1.807) is 0 Å². The Labute approximate surface area is 164 Å². The average molecular weight is 383 g/mol. The van der Waals surface area contributed by atoms with Gasteiger partial charge in [0.2, 0.25) is 5.91 Å². The number of aryl methyl sites for hydroxylation is 1. The second-order valence-electron chi connectivity index (χ2n) is 7.76. The highest BCUT2D eigenvalue weighted by Crippen LogP contribution is 2.27. The van der Waals surface area contributed by atoms with Crippen LogP contribution in [0.5, 0.6) is 5.75 Å². The number of rotatable bonds is 6. The van der Waals surface area contributed by atoms with E-state index in [9.17, 15) is 4.79 Å². The van der Waals surface area contributed by atoms with Crippen molar-refractivity contribution in [1.29, 1.82) is 0 Å². The summed E-state index contributed by atoms with van der Waals surface area (Å²) in [6, 6.07) is 14.3. The first-order valence-electron chi connectivity index (χ1n) is 9.22. The van der Waals surface area contributed by atoms with Crippen LogP contribution in [-0.2, 0) is 10.2 Å². The van der Waals surface area contributed by atoms with E-state index < -0.39 is 0 Å². The number of anilines is 1. The summed E-state index contributed by atoms with van der Waals surface area (Å²) in [7, 11) is 0. The highest BCUT2D eigenvalue weighted by atomic mass is 32.1. The van der Waals surface area contributed by atoms with Gasteiger partial charge in [-0.2, -0.15) is 0 Å². The lowest BCUT2D eigenvalue weighted by atomic mass is 9.87. The maximum Gasteiger partial charge on any atom is 0.226 e. The van der Waals surface area contributed by atoms with Gasteiger partial charge < -0.3 is 10.1 Å². The van der Waals surface area contributed by atoms with E-state index in [4.69, 9.17) is 4.74 Å². The van der Waals surface area contributed by atoms with Gasteiger partial charge in [-0.15, -0.1) is 0 Å². The molecule has 1 heterocycles. The summed E-state index contributed by atoms with van der Waals surface area (Å²) in [6.45, 7) is 9.13. The number of ether oxygens (including phenoxy) is 1. The molecule has 2 aromatic carbocycles. The minimum atomic E-state index is -0.0301. The van der Waals surface area contributed by atoms with Crippen LogP contribution < -0.4 is 10.1 Å². The molecular weight excluding hydrogens is 356 g/mol. The number of amides is 1. The largest absolute Gasteiger partial charge is 0.494 e. The topological polar surface area (TPSA) is 51.2 Å². The van der Waals surface area contributed by atoms with Crippen molar-refractivity contribution in [3.8, 4) is 5.75 Å². The number of carbonyl (C=O) groups is 1. The molecule has 0 atom stereocenters. The Morgan fingerprint density at radius 1 is 1.15 bits per heavy atom. The number of hydrogen-bond donors (Lipinski definition) is 1. The highest BCUT2D eigenvalue weighted by Gasteiger charge is 2.13. The molecule has 0 aliphatic carbocycles. The lowest BCUT2D eigenvalue weighted by molar-refractivity contribution is -0.116. The molecule has 0 radical (unpaired) electrons. The molecule has 3 aromatic rings. The van der Waals surface area contributed by atoms with Gasteiger partial charge in [0, 0.05) is 6.42 Å². The molecule has 27 heavy (non-hydrogen) atoms. The lowest BCUT2D eigenvalue weighted by Crippen LogP contribution is -2.13. The number of nitrogens with one attached hydrogen (secondary N) is 1. The van der Waals surface area contributed by atoms with Crippen molar-refractivity contribution in [3.05, 3.63) is 53.6 Å². The van der Waals surface area contributed by atoms with Gasteiger partial charge in [0.1, 0.15) is 5.75 Å². The van der Waals surface area contributed by atoms with Crippen molar-refractivity contribution in [2.45, 2.75) is 46.0 Å². The molecule has 3 rings (SSSR count). The van der Waals surface area contributed by atoms with Gasteiger partial charge >= 0.3 is 0 Å². The summed E-state index contributed by atoms with van der Waals surface area (Å²) in [5.41, 5.74) is 3.52. The van der Waals surface area contributed by atoms with Crippen LogP contribution in [0.2, 0.25) is 0 Å². The number of benzene rings is 2. The van der Waals surface area contributed by atoms with Gasteiger partial charge in [0.25, 0.3) is 0 Å². The van der Waals surface area contributed by atoms with Crippen LogP contribution in [0.4, 0.5) is 5.13 Å². The molecule has 0 spiro atoms. The van der Waals surface area contributed by atoms with Gasteiger partial charge in [-0.1, -0.05) is 50.3 Å². The molecule has 1 N–H and O–H groups in total. The lowest BCUT2D eigenvalue weighted by Gasteiger charge is -2.19. The third kappa shape index (κ3) is 5.30. The number of hydrogen-bond acceptors (Lipinski definition) is 4. The second kappa shape index (κ2) is 8.09.